The number of amides is 1. The molecule has 1 amide bonds. The number of carbonyl (C=O) groups excluding carboxylic acids is 1. The minimum atomic E-state index is -0.336. The van der Waals surface area contributed by atoms with Crippen molar-refractivity contribution in [3.63, 3.8) is 0 Å². The first kappa shape index (κ1) is 18.7. The largest absolute Gasteiger partial charge is 0.493 e. The third kappa shape index (κ3) is 3.80. The molecule has 0 saturated carbocycles. The maximum Gasteiger partial charge on any atom is 0.274 e. The molecular formula is C21H21FN2O3S. The van der Waals surface area contributed by atoms with E-state index in [0.29, 0.717) is 54.6 Å². The van der Waals surface area contributed by atoms with Crippen molar-refractivity contribution in [1.29, 1.82) is 0 Å². The summed E-state index contributed by atoms with van der Waals surface area (Å²) in [5, 5.41) is 0.478. The van der Waals surface area contributed by atoms with E-state index in [1.54, 1.807) is 12.1 Å². The average Bonchev–Trinajstić information content (AvgIpc) is 3.13. The van der Waals surface area contributed by atoms with Crippen molar-refractivity contribution in [2.24, 2.45) is 0 Å². The van der Waals surface area contributed by atoms with Crippen molar-refractivity contribution in [3.8, 4) is 10.9 Å². The number of rotatable bonds is 5. The Hall–Kier alpha value is -2.67. The number of ether oxygens (including phenoxy) is 2. The van der Waals surface area contributed by atoms with Gasteiger partial charge in [0.2, 0.25) is 0 Å². The zero-order valence-electron chi connectivity index (χ0n) is 15.6. The molecule has 0 spiro atoms. The fraction of sp³-hybridized carbons (Fsp3) is 0.333. The molecule has 5 nitrogen and oxygen atoms in total. The maximum absolute atomic E-state index is 13.8. The van der Waals surface area contributed by atoms with Crippen molar-refractivity contribution in [1.82, 2.24) is 9.88 Å². The summed E-state index contributed by atoms with van der Waals surface area (Å²) in [6, 6.07) is 12.2. The van der Waals surface area contributed by atoms with E-state index in [4.69, 9.17) is 9.47 Å². The van der Waals surface area contributed by atoms with E-state index >= 15 is 0 Å². The second kappa shape index (κ2) is 8.14. The van der Waals surface area contributed by atoms with Gasteiger partial charge in [-0.05, 0) is 31.2 Å². The van der Waals surface area contributed by atoms with Gasteiger partial charge in [-0.15, -0.1) is 0 Å². The second-order valence-corrected chi connectivity index (χ2v) is 7.60. The van der Waals surface area contributed by atoms with E-state index in [-0.39, 0.29) is 17.8 Å². The maximum atomic E-state index is 13.8. The van der Waals surface area contributed by atoms with E-state index in [9.17, 15) is 9.18 Å². The lowest BCUT2D eigenvalue weighted by Crippen LogP contribution is -2.41. The average molecular weight is 400 g/mol. The summed E-state index contributed by atoms with van der Waals surface area (Å²) in [5.74, 6) is 0.256. The monoisotopic (exact) mass is 400 g/mol. The molecule has 0 unspecified atom stereocenters. The van der Waals surface area contributed by atoms with Crippen LogP contribution >= 0.6 is 11.3 Å². The number of para-hydroxylation sites is 2. The molecule has 0 aliphatic carbocycles. The summed E-state index contributed by atoms with van der Waals surface area (Å²) in [4.78, 5) is 19.0. The Bertz CT molecular complexity index is 983. The molecule has 0 bridgehead atoms. The molecule has 146 valence electrons. The third-order valence-corrected chi connectivity index (χ3v) is 5.68. The van der Waals surface area contributed by atoms with E-state index in [1.807, 2.05) is 36.1 Å². The first-order chi connectivity index (χ1) is 13.7. The highest BCUT2D eigenvalue weighted by Crippen LogP contribution is 2.31. The van der Waals surface area contributed by atoms with Crippen LogP contribution in [0.3, 0.4) is 0 Å². The first-order valence-corrected chi connectivity index (χ1v) is 10.2. The van der Waals surface area contributed by atoms with E-state index in [0.717, 1.165) is 4.70 Å². The van der Waals surface area contributed by atoms with Gasteiger partial charge < -0.3 is 14.4 Å². The van der Waals surface area contributed by atoms with Gasteiger partial charge in [0.05, 0.1) is 16.9 Å². The number of hydrogen-bond acceptors (Lipinski definition) is 5. The number of hydrogen-bond donors (Lipinski definition) is 0. The van der Waals surface area contributed by atoms with Gasteiger partial charge >= 0.3 is 0 Å². The van der Waals surface area contributed by atoms with Crippen LogP contribution in [-0.4, -0.2) is 41.6 Å². The van der Waals surface area contributed by atoms with Crippen LogP contribution in [0.15, 0.2) is 42.5 Å². The molecule has 4 rings (SSSR count). The number of piperidine rings is 1. The van der Waals surface area contributed by atoms with Crippen LogP contribution in [0.4, 0.5) is 4.39 Å². The van der Waals surface area contributed by atoms with E-state index in [2.05, 4.69) is 4.98 Å². The molecule has 1 aromatic heterocycles. The minimum Gasteiger partial charge on any atom is -0.493 e. The Labute approximate surface area is 166 Å². The fourth-order valence-corrected chi connectivity index (χ4v) is 4.26. The number of carbonyl (C=O) groups is 1. The van der Waals surface area contributed by atoms with Crippen molar-refractivity contribution >= 4 is 27.5 Å². The van der Waals surface area contributed by atoms with Gasteiger partial charge in [-0.1, -0.05) is 29.5 Å². The van der Waals surface area contributed by atoms with Crippen molar-refractivity contribution in [3.05, 3.63) is 53.8 Å². The van der Waals surface area contributed by atoms with Crippen LogP contribution < -0.4 is 9.47 Å². The number of aromatic nitrogens is 1. The standard InChI is InChI=1S/C21H21FN2O3S/c1-2-26-17-8-4-3-6-15(17)20(25)24-12-10-14(11-13-24)27-21-23-19-16(22)7-5-9-18(19)28-21/h3-9,14H,2,10-13H2,1H3. The number of likely N-dealkylation sites (tertiary alicyclic amines) is 1. The fourth-order valence-electron chi connectivity index (χ4n) is 3.36. The smallest absolute Gasteiger partial charge is 0.274 e. The molecule has 0 N–H and O–H groups in total. The summed E-state index contributed by atoms with van der Waals surface area (Å²) < 4.78 is 26.1. The van der Waals surface area contributed by atoms with Gasteiger partial charge in [-0.2, -0.15) is 4.98 Å². The second-order valence-electron chi connectivity index (χ2n) is 6.60. The van der Waals surface area contributed by atoms with E-state index in [1.165, 1.54) is 17.4 Å². The van der Waals surface area contributed by atoms with Crippen LogP contribution in [0, 0.1) is 5.82 Å². The molecule has 0 atom stereocenters. The van der Waals surface area contributed by atoms with Gasteiger partial charge in [0, 0.05) is 25.9 Å². The first-order valence-electron chi connectivity index (χ1n) is 9.38. The van der Waals surface area contributed by atoms with Gasteiger partial charge in [0.1, 0.15) is 23.2 Å². The lowest BCUT2D eigenvalue weighted by Gasteiger charge is -2.32. The summed E-state index contributed by atoms with van der Waals surface area (Å²) in [6.45, 7) is 3.62. The number of thiazole rings is 1. The van der Waals surface area contributed by atoms with Crippen LogP contribution in [0.25, 0.3) is 10.2 Å². The molecular weight excluding hydrogens is 379 g/mol. The van der Waals surface area contributed by atoms with Crippen LogP contribution in [0.1, 0.15) is 30.1 Å². The quantitative estimate of drug-likeness (QED) is 0.632. The van der Waals surface area contributed by atoms with Crippen molar-refractivity contribution in [2.75, 3.05) is 19.7 Å². The number of fused-ring (bicyclic) bond motifs is 1. The molecule has 1 saturated heterocycles. The molecule has 2 aromatic carbocycles. The molecule has 2 heterocycles. The van der Waals surface area contributed by atoms with E-state index < -0.39 is 0 Å². The molecule has 3 aromatic rings. The van der Waals surface area contributed by atoms with Gasteiger partial charge in [-0.3, -0.25) is 4.79 Å². The molecule has 1 aliphatic heterocycles. The normalized spacial score (nSPS) is 15.0. The lowest BCUT2D eigenvalue weighted by atomic mass is 10.1. The Balaban J connectivity index is 1.39. The summed E-state index contributed by atoms with van der Waals surface area (Å²) in [6.07, 6.45) is 1.39. The third-order valence-electron chi connectivity index (χ3n) is 4.76. The highest BCUT2D eigenvalue weighted by molar-refractivity contribution is 7.20. The van der Waals surface area contributed by atoms with Gasteiger partial charge in [0.25, 0.3) is 11.1 Å². The molecule has 7 heteroatoms. The number of halogens is 1. The highest BCUT2D eigenvalue weighted by Gasteiger charge is 2.27. The summed E-state index contributed by atoms with van der Waals surface area (Å²) in [5.41, 5.74) is 0.938. The molecule has 1 aliphatic rings. The number of benzene rings is 2. The predicted molar refractivity (Wildman–Crippen MR) is 107 cm³/mol. The van der Waals surface area contributed by atoms with Gasteiger partial charge in [-0.25, -0.2) is 4.39 Å². The van der Waals surface area contributed by atoms with Crippen LogP contribution in [0.2, 0.25) is 0 Å². The Morgan fingerprint density at radius 1 is 1.21 bits per heavy atom. The zero-order valence-corrected chi connectivity index (χ0v) is 16.4. The molecule has 28 heavy (non-hydrogen) atoms. The topological polar surface area (TPSA) is 51.7 Å². The van der Waals surface area contributed by atoms with Crippen LogP contribution in [0.5, 0.6) is 10.9 Å². The molecule has 0 radical (unpaired) electrons. The van der Waals surface area contributed by atoms with Gasteiger partial charge in [0.15, 0.2) is 0 Å². The predicted octanol–water partition coefficient (Wildman–Crippen LogP) is 4.52. The highest BCUT2D eigenvalue weighted by atomic mass is 32.1. The minimum absolute atomic E-state index is 0.0236. The van der Waals surface area contributed by atoms with Crippen molar-refractivity contribution < 1.29 is 18.7 Å². The zero-order chi connectivity index (χ0) is 19.5. The SMILES string of the molecule is CCOc1ccccc1C(=O)N1CCC(Oc2nc3c(F)cccc3s2)CC1. The lowest BCUT2D eigenvalue weighted by molar-refractivity contribution is 0.0592. The van der Waals surface area contributed by atoms with Crippen molar-refractivity contribution in [2.45, 2.75) is 25.9 Å². The Morgan fingerprint density at radius 3 is 2.75 bits per heavy atom. The number of nitrogens with zero attached hydrogens (tertiary/aromatic N) is 2. The molecule has 1 fully saturated rings. The Kier molecular flexibility index (Phi) is 5.43. The Morgan fingerprint density at radius 2 is 2.00 bits per heavy atom. The summed E-state index contributed by atoms with van der Waals surface area (Å²) >= 11 is 1.35. The summed E-state index contributed by atoms with van der Waals surface area (Å²) in [7, 11) is 0. The van der Waals surface area contributed by atoms with Crippen LogP contribution in [-0.2, 0) is 0 Å².